The summed E-state index contributed by atoms with van der Waals surface area (Å²) < 4.78 is 32.0. The molecule has 2 rings (SSSR count). The minimum absolute atomic E-state index is 0.0712. The van der Waals surface area contributed by atoms with E-state index in [0.29, 0.717) is 11.5 Å². The van der Waals surface area contributed by atoms with Crippen LogP contribution in [0.15, 0.2) is 29.2 Å². The van der Waals surface area contributed by atoms with Gasteiger partial charge in [0.15, 0.2) is 0 Å². The second-order valence-electron chi connectivity index (χ2n) is 5.31. The van der Waals surface area contributed by atoms with Crippen LogP contribution in [-0.4, -0.2) is 38.5 Å². The molecule has 6 heteroatoms. The Balaban J connectivity index is 2.25. The van der Waals surface area contributed by atoms with E-state index in [1.54, 1.807) is 31.3 Å². The van der Waals surface area contributed by atoms with E-state index >= 15 is 0 Å². The molecule has 1 fully saturated rings. The highest BCUT2D eigenvalue weighted by Crippen LogP contribution is 2.25. The summed E-state index contributed by atoms with van der Waals surface area (Å²) in [4.78, 5) is 0.295. The molecule has 2 N–H and O–H groups in total. The fourth-order valence-corrected chi connectivity index (χ4v) is 3.93. The molecular formula is C14H22N2O3S. The van der Waals surface area contributed by atoms with Crippen LogP contribution in [0.1, 0.15) is 31.9 Å². The van der Waals surface area contributed by atoms with Gasteiger partial charge in [0.25, 0.3) is 0 Å². The number of sulfonamides is 1. The Morgan fingerprint density at radius 3 is 2.40 bits per heavy atom. The first-order valence-corrected chi connectivity index (χ1v) is 8.23. The van der Waals surface area contributed by atoms with Gasteiger partial charge < -0.3 is 10.5 Å². The molecular weight excluding hydrogens is 276 g/mol. The molecule has 5 nitrogen and oxygen atoms in total. The Hall–Kier alpha value is -0.950. The molecule has 20 heavy (non-hydrogen) atoms. The van der Waals surface area contributed by atoms with Crippen molar-refractivity contribution in [1.29, 1.82) is 0 Å². The molecule has 0 aliphatic carbocycles. The van der Waals surface area contributed by atoms with Crippen molar-refractivity contribution in [3.63, 3.8) is 0 Å². The van der Waals surface area contributed by atoms with Gasteiger partial charge in [-0.05, 0) is 38.0 Å². The average Bonchev–Trinajstić information content (AvgIpc) is 2.84. The number of nitrogens with zero attached hydrogens (tertiary/aromatic N) is 1. The maximum absolute atomic E-state index is 12.6. The summed E-state index contributed by atoms with van der Waals surface area (Å²) >= 11 is 0. The van der Waals surface area contributed by atoms with E-state index in [0.717, 1.165) is 12.0 Å². The van der Waals surface area contributed by atoms with Gasteiger partial charge in [0.2, 0.25) is 10.0 Å². The molecule has 112 valence electrons. The van der Waals surface area contributed by atoms with E-state index in [1.165, 1.54) is 4.31 Å². The van der Waals surface area contributed by atoms with Crippen molar-refractivity contribution in [2.45, 2.75) is 43.4 Å². The summed E-state index contributed by atoms with van der Waals surface area (Å²) in [6.07, 6.45) is 0.660. The molecule has 0 spiro atoms. The molecule has 1 aromatic rings. The fraction of sp³-hybridized carbons (Fsp3) is 0.571. The van der Waals surface area contributed by atoms with Crippen LogP contribution in [0.3, 0.4) is 0 Å². The lowest BCUT2D eigenvalue weighted by atomic mass is 10.1. The summed E-state index contributed by atoms with van der Waals surface area (Å²) in [6.45, 7) is 4.38. The number of benzene rings is 1. The van der Waals surface area contributed by atoms with E-state index < -0.39 is 10.0 Å². The van der Waals surface area contributed by atoms with Gasteiger partial charge in [-0.2, -0.15) is 4.31 Å². The van der Waals surface area contributed by atoms with Gasteiger partial charge in [0.05, 0.1) is 17.0 Å². The first-order chi connectivity index (χ1) is 9.34. The number of likely N-dealkylation sites (N-methyl/N-ethyl adjacent to an activating group) is 1. The minimum Gasteiger partial charge on any atom is -0.377 e. The topological polar surface area (TPSA) is 72.6 Å². The van der Waals surface area contributed by atoms with Gasteiger partial charge >= 0.3 is 0 Å². The average molecular weight is 298 g/mol. The SMILES string of the molecule is CC(N)c1ccc(S(=O)(=O)N(C)C2CCOC2C)cc1. The Kier molecular flexibility index (Phi) is 4.49. The van der Waals surface area contributed by atoms with Gasteiger partial charge in [-0.1, -0.05) is 12.1 Å². The molecule has 1 aromatic carbocycles. The lowest BCUT2D eigenvalue weighted by molar-refractivity contribution is 0.102. The monoisotopic (exact) mass is 298 g/mol. The number of ether oxygens (including phenoxy) is 1. The molecule has 1 aliphatic rings. The van der Waals surface area contributed by atoms with Gasteiger partial charge in [-0.25, -0.2) is 8.42 Å². The van der Waals surface area contributed by atoms with Crippen molar-refractivity contribution in [3.05, 3.63) is 29.8 Å². The van der Waals surface area contributed by atoms with Crippen LogP contribution in [0, 0.1) is 0 Å². The van der Waals surface area contributed by atoms with Crippen LogP contribution in [0.2, 0.25) is 0 Å². The Labute approximate surface area is 120 Å². The maximum Gasteiger partial charge on any atom is 0.243 e. The first kappa shape index (κ1) is 15.4. The predicted molar refractivity (Wildman–Crippen MR) is 77.8 cm³/mol. The van der Waals surface area contributed by atoms with Crippen molar-refractivity contribution in [1.82, 2.24) is 4.31 Å². The van der Waals surface area contributed by atoms with Crippen molar-refractivity contribution < 1.29 is 13.2 Å². The lowest BCUT2D eigenvalue weighted by Crippen LogP contribution is -2.40. The van der Waals surface area contributed by atoms with E-state index in [4.69, 9.17) is 10.5 Å². The first-order valence-electron chi connectivity index (χ1n) is 6.79. The molecule has 1 aliphatic heterocycles. The summed E-state index contributed by atoms with van der Waals surface area (Å²) in [6, 6.07) is 6.55. The number of nitrogens with two attached hydrogens (primary N) is 1. The summed E-state index contributed by atoms with van der Waals surface area (Å²) in [5.74, 6) is 0. The van der Waals surface area contributed by atoms with Gasteiger partial charge in [-0.15, -0.1) is 0 Å². The van der Waals surface area contributed by atoms with E-state index in [9.17, 15) is 8.42 Å². The third-order valence-electron chi connectivity index (χ3n) is 3.89. The van der Waals surface area contributed by atoms with Crippen LogP contribution in [0.25, 0.3) is 0 Å². The van der Waals surface area contributed by atoms with Crippen LogP contribution in [0.4, 0.5) is 0 Å². The van der Waals surface area contributed by atoms with Crippen LogP contribution in [0.5, 0.6) is 0 Å². The highest BCUT2D eigenvalue weighted by Gasteiger charge is 2.35. The molecule has 3 atom stereocenters. The Bertz CT molecular complexity index is 554. The van der Waals surface area contributed by atoms with Gasteiger partial charge in [0.1, 0.15) is 0 Å². The third-order valence-corrected chi connectivity index (χ3v) is 5.78. The van der Waals surface area contributed by atoms with E-state index in [2.05, 4.69) is 0 Å². The van der Waals surface area contributed by atoms with E-state index in [-0.39, 0.29) is 18.2 Å². The molecule has 1 saturated heterocycles. The zero-order valence-corrected chi connectivity index (χ0v) is 12.9. The second-order valence-corrected chi connectivity index (χ2v) is 7.31. The highest BCUT2D eigenvalue weighted by molar-refractivity contribution is 7.89. The molecule has 0 aromatic heterocycles. The van der Waals surface area contributed by atoms with Gasteiger partial charge in [-0.3, -0.25) is 0 Å². The standard InChI is InChI=1S/C14H22N2O3S/c1-10(15)12-4-6-13(7-5-12)20(17,18)16(3)14-8-9-19-11(14)2/h4-7,10-11,14H,8-9,15H2,1-3H3. The van der Waals surface area contributed by atoms with Gasteiger partial charge in [0, 0.05) is 19.7 Å². The molecule has 0 saturated carbocycles. The summed E-state index contributed by atoms with van der Waals surface area (Å²) in [5.41, 5.74) is 6.69. The third kappa shape index (κ3) is 2.88. The zero-order valence-electron chi connectivity index (χ0n) is 12.1. The van der Waals surface area contributed by atoms with Crippen LogP contribution < -0.4 is 5.73 Å². The smallest absolute Gasteiger partial charge is 0.243 e. The van der Waals surface area contributed by atoms with Crippen molar-refractivity contribution in [2.75, 3.05) is 13.7 Å². The van der Waals surface area contributed by atoms with E-state index in [1.807, 2.05) is 13.8 Å². The van der Waals surface area contributed by atoms with Crippen LogP contribution in [-0.2, 0) is 14.8 Å². The minimum atomic E-state index is -3.49. The van der Waals surface area contributed by atoms with Crippen molar-refractivity contribution in [2.24, 2.45) is 5.73 Å². The number of rotatable bonds is 4. The Morgan fingerprint density at radius 2 is 1.95 bits per heavy atom. The molecule has 0 radical (unpaired) electrons. The number of hydrogen-bond donors (Lipinski definition) is 1. The predicted octanol–water partition coefficient (Wildman–Crippen LogP) is 1.50. The normalized spacial score (nSPS) is 25.1. The summed E-state index contributed by atoms with van der Waals surface area (Å²) in [7, 11) is -1.87. The quantitative estimate of drug-likeness (QED) is 0.914. The molecule has 0 bridgehead atoms. The largest absolute Gasteiger partial charge is 0.377 e. The maximum atomic E-state index is 12.6. The van der Waals surface area contributed by atoms with Crippen LogP contribution >= 0.6 is 0 Å². The number of hydrogen-bond acceptors (Lipinski definition) is 4. The Morgan fingerprint density at radius 1 is 1.35 bits per heavy atom. The molecule has 1 heterocycles. The fourth-order valence-electron chi connectivity index (χ4n) is 2.49. The molecule has 0 amide bonds. The van der Waals surface area contributed by atoms with Crippen molar-refractivity contribution in [3.8, 4) is 0 Å². The summed E-state index contributed by atoms with van der Waals surface area (Å²) in [5, 5.41) is 0. The molecule has 3 unspecified atom stereocenters. The second kappa shape index (κ2) is 5.81. The zero-order chi connectivity index (χ0) is 14.9. The highest BCUT2D eigenvalue weighted by atomic mass is 32.2. The van der Waals surface area contributed by atoms with Crippen molar-refractivity contribution >= 4 is 10.0 Å². The lowest BCUT2D eigenvalue weighted by Gasteiger charge is -2.26.